The van der Waals surface area contributed by atoms with E-state index in [0.717, 1.165) is 16.8 Å². The fraction of sp³-hybridized carbons (Fsp3) is 0.154. The molecule has 0 radical (unpaired) electrons. The van der Waals surface area contributed by atoms with E-state index in [0.29, 0.717) is 17.9 Å². The van der Waals surface area contributed by atoms with Crippen LogP contribution in [0.15, 0.2) is 111 Å². The zero-order chi connectivity index (χ0) is 21.8. The normalized spacial score (nSPS) is 15.8. The number of furan rings is 2. The van der Waals surface area contributed by atoms with Crippen molar-refractivity contribution in [2.45, 2.75) is 18.5 Å². The van der Waals surface area contributed by atoms with Gasteiger partial charge in [0.25, 0.3) is 5.91 Å². The van der Waals surface area contributed by atoms with E-state index in [4.69, 9.17) is 8.83 Å². The molecule has 1 atom stereocenters. The molecule has 6 nitrogen and oxygen atoms in total. The number of rotatable bonds is 7. The first-order valence-electron chi connectivity index (χ1n) is 10.6. The first-order valence-corrected chi connectivity index (χ1v) is 10.6. The van der Waals surface area contributed by atoms with Crippen molar-refractivity contribution in [3.63, 3.8) is 0 Å². The molecule has 0 aliphatic carbocycles. The van der Waals surface area contributed by atoms with Gasteiger partial charge in [-0.25, -0.2) is 5.01 Å². The fourth-order valence-corrected chi connectivity index (χ4v) is 4.02. The summed E-state index contributed by atoms with van der Waals surface area (Å²) in [5.74, 6) is 1.23. The molecule has 4 aromatic rings. The van der Waals surface area contributed by atoms with Crippen LogP contribution in [0.1, 0.15) is 41.2 Å². The topological polar surface area (TPSA) is 71.0 Å². The number of carbonyl (C=O) groups excluding carboxylic acids is 1. The van der Waals surface area contributed by atoms with Gasteiger partial charge in [-0.2, -0.15) is 5.10 Å². The smallest absolute Gasteiger partial charge is 0.257 e. The number of benzene rings is 2. The van der Waals surface area contributed by atoms with Crippen LogP contribution in [0.25, 0.3) is 0 Å². The number of hydrazone groups is 1. The van der Waals surface area contributed by atoms with Crippen LogP contribution in [0.3, 0.4) is 0 Å². The lowest BCUT2D eigenvalue weighted by Gasteiger charge is -2.23. The van der Waals surface area contributed by atoms with E-state index in [1.807, 2.05) is 60.7 Å². The largest absolute Gasteiger partial charge is 0.467 e. The van der Waals surface area contributed by atoms with Gasteiger partial charge in [0.2, 0.25) is 0 Å². The summed E-state index contributed by atoms with van der Waals surface area (Å²) in [7, 11) is 0. The maximum atomic E-state index is 13.3. The van der Waals surface area contributed by atoms with Crippen LogP contribution in [0.5, 0.6) is 0 Å². The number of amides is 1. The van der Waals surface area contributed by atoms with E-state index in [2.05, 4.69) is 34.7 Å². The molecule has 1 aliphatic heterocycles. The van der Waals surface area contributed by atoms with Gasteiger partial charge in [0.1, 0.15) is 23.3 Å². The Kier molecular flexibility index (Phi) is 5.68. The average Bonchev–Trinajstić information content (AvgIpc) is 3.62. The van der Waals surface area contributed by atoms with E-state index < -0.39 is 0 Å². The lowest BCUT2D eigenvalue weighted by Crippen LogP contribution is -2.37. The standard InChI is InChI=1S/C26H23N3O3/c30-25(18-27-26(19-9-3-1-4-10-19)20-11-5-2-6-12-20)29-22(24-14-8-16-32-24)17-21(28-29)23-13-7-15-31-23/h1-16,22,26-27H,17-18H2. The third-order valence-electron chi connectivity index (χ3n) is 5.57. The maximum absolute atomic E-state index is 13.3. The van der Waals surface area contributed by atoms with Gasteiger partial charge >= 0.3 is 0 Å². The Bertz CT molecular complexity index is 1130. The predicted octanol–water partition coefficient (Wildman–Crippen LogP) is 4.93. The second-order valence-corrected chi connectivity index (χ2v) is 7.63. The Morgan fingerprint density at radius 2 is 1.56 bits per heavy atom. The van der Waals surface area contributed by atoms with Gasteiger partial charge in [-0.3, -0.25) is 10.1 Å². The van der Waals surface area contributed by atoms with E-state index in [-0.39, 0.29) is 24.5 Å². The summed E-state index contributed by atoms with van der Waals surface area (Å²) in [6.07, 6.45) is 3.76. The summed E-state index contributed by atoms with van der Waals surface area (Å²) in [6, 6.07) is 27.2. The average molecular weight is 425 g/mol. The molecule has 0 fully saturated rings. The van der Waals surface area contributed by atoms with Crippen molar-refractivity contribution in [1.29, 1.82) is 0 Å². The van der Waals surface area contributed by atoms with E-state index in [1.54, 1.807) is 12.5 Å². The highest BCUT2D eigenvalue weighted by atomic mass is 16.3. The van der Waals surface area contributed by atoms with Gasteiger partial charge in [0.05, 0.1) is 25.1 Å². The molecular weight excluding hydrogens is 402 g/mol. The first kappa shape index (κ1) is 20.0. The van der Waals surface area contributed by atoms with Crippen LogP contribution < -0.4 is 5.32 Å². The highest BCUT2D eigenvalue weighted by Gasteiger charge is 2.35. The summed E-state index contributed by atoms with van der Waals surface area (Å²) in [4.78, 5) is 13.3. The molecule has 0 spiro atoms. The minimum atomic E-state index is -0.300. The van der Waals surface area contributed by atoms with Gasteiger partial charge < -0.3 is 8.83 Å². The Balaban J connectivity index is 1.38. The van der Waals surface area contributed by atoms with Crippen LogP contribution in [0.4, 0.5) is 0 Å². The predicted molar refractivity (Wildman–Crippen MR) is 121 cm³/mol. The minimum Gasteiger partial charge on any atom is -0.467 e. The molecule has 0 saturated heterocycles. The molecule has 3 heterocycles. The molecule has 1 N–H and O–H groups in total. The zero-order valence-corrected chi connectivity index (χ0v) is 17.4. The second-order valence-electron chi connectivity index (χ2n) is 7.63. The molecular formula is C26H23N3O3. The maximum Gasteiger partial charge on any atom is 0.257 e. The van der Waals surface area contributed by atoms with Crippen LogP contribution in [-0.4, -0.2) is 23.2 Å². The van der Waals surface area contributed by atoms with Gasteiger partial charge in [0, 0.05) is 6.42 Å². The Morgan fingerprint density at radius 1 is 0.906 bits per heavy atom. The van der Waals surface area contributed by atoms with E-state index in [9.17, 15) is 4.79 Å². The Hall–Kier alpha value is -3.90. The van der Waals surface area contributed by atoms with E-state index in [1.165, 1.54) is 5.01 Å². The van der Waals surface area contributed by atoms with Crippen molar-refractivity contribution < 1.29 is 13.6 Å². The highest BCUT2D eigenvalue weighted by Crippen LogP contribution is 2.33. The second kappa shape index (κ2) is 9.08. The van der Waals surface area contributed by atoms with Crippen molar-refractivity contribution in [2.75, 3.05) is 6.54 Å². The third-order valence-corrected chi connectivity index (χ3v) is 5.57. The van der Waals surface area contributed by atoms with Gasteiger partial charge in [0.15, 0.2) is 0 Å². The molecule has 1 aliphatic rings. The number of hydrogen-bond acceptors (Lipinski definition) is 5. The number of nitrogens with zero attached hydrogens (tertiary/aromatic N) is 2. The first-order chi connectivity index (χ1) is 15.8. The van der Waals surface area contributed by atoms with E-state index >= 15 is 0 Å². The molecule has 32 heavy (non-hydrogen) atoms. The number of hydrogen-bond donors (Lipinski definition) is 1. The lowest BCUT2D eigenvalue weighted by molar-refractivity contribution is -0.132. The molecule has 1 unspecified atom stereocenters. The summed E-state index contributed by atoms with van der Waals surface area (Å²) >= 11 is 0. The van der Waals surface area contributed by atoms with Crippen molar-refractivity contribution in [1.82, 2.24) is 10.3 Å². The van der Waals surface area contributed by atoms with Crippen molar-refractivity contribution in [3.8, 4) is 0 Å². The molecule has 1 amide bonds. The van der Waals surface area contributed by atoms with Crippen LogP contribution in [-0.2, 0) is 4.79 Å². The van der Waals surface area contributed by atoms with Crippen molar-refractivity contribution in [2.24, 2.45) is 5.10 Å². The minimum absolute atomic E-state index is 0.112. The molecule has 2 aromatic carbocycles. The SMILES string of the molecule is O=C(CNC(c1ccccc1)c1ccccc1)N1N=C(c2ccco2)CC1c1ccco1. The molecule has 160 valence electrons. The third kappa shape index (κ3) is 4.13. The summed E-state index contributed by atoms with van der Waals surface area (Å²) in [5.41, 5.74) is 2.91. The molecule has 5 rings (SSSR count). The van der Waals surface area contributed by atoms with Gasteiger partial charge in [-0.05, 0) is 35.4 Å². The van der Waals surface area contributed by atoms with Crippen molar-refractivity contribution >= 4 is 11.6 Å². The van der Waals surface area contributed by atoms with Crippen LogP contribution in [0, 0.1) is 0 Å². The van der Waals surface area contributed by atoms with Gasteiger partial charge in [-0.1, -0.05) is 60.7 Å². The van der Waals surface area contributed by atoms with Crippen LogP contribution >= 0.6 is 0 Å². The Labute approximate surface area is 186 Å². The molecule has 6 heteroatoms. The zero-order valence-electron chi connectivity index (χ0n) is 17.4. The molecule has 0 saturated carbocycles. The van der Waals surface area contributed by atoms with Crippen LogP contribution in [0.2, 0.25) is 0 Å². The monoisotopic (exact) mass is 425 g/mol. The molecule has 2 aromatic heterocycles. The summed E-state index contributed by atoms with van der Waals surface area (Å²) in [5, 5.41) is 9.54. The summed E-state index contributed by atoms with van der Waals surface area (Å²) < 4.78 is 11.1. The van der Waals surface area contributed by atoms with Gasteiger partial charge in [-0.15, -0.1) is 0 Å². The highest BCUT2D eigenvalue weighted by molar-refractivity contribution is 6.01. The van der Waals surface area contributed by atoms with Crippen molar-refractivity contribution in [3.05, 3.63) is 120 Å². The molecule has 0 bridgehead atoms. The summed E-state index contributed by atoms with van der Waals surface area (Å²) in [6.45, 7) is 0.126. The fourth-order valence-electron chi connectivity index (χ4n) is 4.02. The Morgan fingerprint density at radius 3 is 2.16 bits per heavy atom. The quantitative estimate of drug-likeness (QED) is 0.456. The number of nitrogens with one attached hydrogen (secondary N) is 1. The number of carbonyl (C=O) groups is 1. The lowest BCUT2D eigenvalue weighted by atomic mass is 9.99.